The molecule has 4 nitrogen and oxygen atoms in total. The molecule has 1 fully saturated rings. The molecule has 0 N–H and O–H groups in total. The Bertz CT molecular complexity index is 449. The predicted molar refractivity (Wildman–Crippen MR) is 64.2 cm³/mol. The van der Waals surface area contributed by atoms with Crippen molar-refractivity contribution in [1.29, 1.82) is 0 Å². The van der Waals surface area contributed by atoms with Crippen LogP contribution in [-0.4, -0.2) is 27.7 Å². The maximum atomic E-state index is 11.6. The summed E-state index contributed by atoms with van der Waals surface area (Å²) in [4.78, 5) is 12.3. The van der Waals surface area contributed by atoms with Crippen LogP contribution < -0.4 is 5.56 Å². The number of aromatic nitrogens is 2. The quantitative estimate of drug-likeness (QED) is 0.812. The first-order valence-corrected chi connectivity index (χ1v) is 6.35. The van der Waals surface area contributed by atoms with Crippen molar-refractivity contribution in [3.63, 3.8) is 0 Å². The number of hydrogen-bond acceptors (Lipinski definition) is 4. The molecule has 1 aromatic heterocycles. The smallest absolute Gasteiger partial charge is 0.286 e. The number of rotatable bonds is 2. The van der Waals surface area contributed by atoms with E-state index in [2.05, 4.69) is 5.10 Å². The predicted octanol–water partition coefficient (Wildman–Crippen LogP) is 1.70. The van der Waals surface area contributed by atoms with E-state index in [1.54, 1.807) is 25.0 Å². The third-order valence-corrected chi connectivity index (χ3v) is 4.59. The van der Waals surface area contributed by atoms with Crippen LogP contribution in [0.3, 0.4) is 0 Å². The second-order valence-corrected chi connectivity index (χ2v) is 5.43. The maximum absolute atomic E-state index is 11.6. The van der Waals surface area contributed by atoms with E-state index in [1.807, 2.05) is 6.92 Å². The van der Waals surface area contributed by atoms with Crippen LogP contribution in [-0.2, 0) is 11.8 Å². The molecule has 1 saturated heterocycles. The Kier molecular flexibility index (Phi) is 3.56. The zero-order chi connectivity index (χ0) is 11.7. The molecule has 0 radical (unpaired) electrons. The number of aryl methyl sites for hydroxylation is 1. The van der Waals surface area contributed by atoms with E-state index in [0.717, 1.165) is 17.9 Å². The average Bonchev–Trinajstić information content (AvgIpc) is 2.65. The van der Waals surface area contributed by atoms with Gasteiger partial charge in [-0.3, -0.25) is 4.79 Å². The lowest BCUT2D eigenvalue weighted by molar-refractivity contribution is 0.127. The summed E-state index contributed by atoms with van der Waals surface area (Å²) in [5, 5.41) is 4.57. The van der Waals surface area contributed by atoms with Gasteiger partial charge in [-0.15, -0.1) is 11.8 Å². The molecular formula is C10H13ClN2O2S. The van der Waals surface area contributed by atoms with Gasteiger partial charge >= 0.3 is 0 Å². The number of nitrogens with zero attached hydrogens (tertiary/aromatic N) is 2. The molecule has 16 heavy (non-hydrogen) atoms. The third-order valence-electron chi connectivity index (χ3n) is 2.63. The molecule has 2 atom stereocenters. The molecule has 1 aromatic rings. The first-order valence-electron chi connectivity index (χ1n) is 5.09. The third kappa shape index (κ3) is 2.26. The van der Waals surface area contributed by atoms with Crippen molar-refractivity contribution in [2.24, 2.45) is 7.05 Å². The first-order chi connectivity index (χ1) is 7.59. The first kappa shape index (κ1) is 12.0. The molecule has 1 aliphatic rings. The van der Waals surface area contributed by atoms with Gasteiger partial charge < -0.3 is 4.74 Å². The standard InChI is InChI=1S/C10H13ClN2O2S/c1-6-7(3-4-15-6)16-8-5-12-13(2)10(14)9(8)11/h5-7H,3-4H2,1-2H3/t6-,7-/m1/s1. The Morgan fingerprint density at radius 3 is 3.06 bits per heavy atom. The molecular weight excluding hydrogens is 248 g/mol. The number of ether oxygens (including phenoxy) is 1. The van der Waals surface area contributed by atoms with Crippen molar-refractivity contribution in [1.82, 2.24) is 9.78 Å². The molecule has 0 aliphatic carbocycles. The zero-order valence-electron chi connectivity index (χ0n) is 9.14. The van der Waals surface area contributed by atoms with E-state index < -0.39 is 0 Å². The van der Waals surface area contributed by atoms with E-state index in [9.17, 15) is 4.79 Å². The molecule has 2 rings (SSSR count). The molecule has 88 valence electrons. The monoisotopic (exact) mass is 260 g/mol. The fourth-order valence-corrected chi connectivity index (χ4v) is 3.02. The fourth-order valence-electron chi connectivity index (χ4n) is 1.61. The van der Waals surface area contributed by atoms with E-state index in [0.29, 0.717) is 5.25 Å². The van der Waals surface area contributed by atoms with Crippen molar-refractivity contribution >= 4 is 23.4 Å². The van der Waals surface area contributed by atoms with Gasteiger partial charge in [-0.05, 0) is 13.3 Å². The highest BCUT2D eigenvalue weighted by Crippen LogP contribution is 2.34. The molecule has 0 aromatic carbocycles. The molecule has 6 heteroatoms. The summed E-state index contributed by atoms with van der Waals surface area (Å²) in [6.45, 7) is 2.81. The molecule has 0 bridgehead atoms. The van der Waals surface area contributed by atoms with Gasteiger partial charge in [0, 0.05) is 18.9 Å². The van der Waals surface area contributed by atoms with Crippen LogP contribution in [0.2, 0.25) is 5.02 Å². The van der Waals surface area contributed by atoms with Crippen LogP contribution in [0.5, 0.6) is 0 Å². The lowest BCUT2D eigenvalue weighted by Gasteiger charge is -2.13. The minimum Gasteiger partial charge on any atom is -0.377 e. The van der Waals surface area contributed by atoms with Crippen LogP contribution in [0.25, 0.3) is 0 Å². The molecule has 0 unspecified atom stereocenters. The van der Waals surface area contributed by atoms with E-state index in [1.165, 1.54) is 4.68 Å². The minimum atomic E-state index is -0.252. The van der Waals surface area contributed by atoms with Crippen LogP contribution >= 0.6 is 23.4 Å². The Labute approximate surface area is 103 Å². The van der Waals surface area contributed by atoms with E-state index in [4.69, 9.17) is 16.3 Å². The lowest BCUT2D eigenvalue weighted by Crippen LogP contribution is -2.21. The summed E-state index contributed by atoms with van der Waals surface area (Å²) in [5.74, 6) is 0. The van der Waals surface area contributed by atoms with E-state index >= 15 is 0 Å². The van der Waals surface area contributed by atoms with Crippen molar-refractivity contribution in [3.8, 4) is 0 Å². The summed E-state index contributed by atoms with van der Waals surface area (Å²) >= 11 is 7.57. The Balaban J connectivity index is 2.22. The van der Waals surface area contributed by atoms with Gasteiger partial charge in [0.1, 0.15) is 5.02 Å². The summed E-state index contributed by atoms with van der Waals surface area (Å²) in [6.07, 6.45) is 2.82. The molecule has 0 saturated carbocycles. The molecule has 0 amide bonds. The van der Waals surface area contributed by atoms with Gasteiger partial charge in [-0.1, -0.05) is 11.6 Å². The SMILES string of the molecule is C[C@H]1OCC[C@H]1Sc1cnn(C)c(=O)c1Cl. The van der Waals surface area contributed by atoms with Crippen LogP contribution in [0.15, 0.2) is 15.9 Å². The normalized spacial score (nSPS) is 24.9. The maximum Gasteiger partial charge on any atom is 0.286 e. The van der Waals surface area contributed by atoms with Gasteiger partial charge in [0.2, 0.25) is 0 Å². The zero-order valence-corrected chi connectivity index (χ0v) is 10.7. The largest absolute Gasteiger partial charge is 0.377 e. The van der Waals surface area contributed by atoms with Gasteiger partial charge in [-0.25, -0.2) is 4.68 Å². The van der Waals surface area contributed by atoms with Crippen LogP contribution in [0.4, 0.5) is 0 Å². The van der Waals surface area contributed by atoms with Crippen LogP contribution in [0, 0.1) is 0 Å². The Morgan fingerprint density at radius 2 is 2.44 bits per heavy atom. The topological polar surface area (TPSA) is 44.1 Å². The van der Waals surface area contributed by atoms with Gasteiger partial charge in [0.25, 0.3) is 5.56 Å². The molecule has 0 spiro atoms. The number of hydrogen-bond donors (Lipinski definition) is 0. The molecule has 2 heterocycles. The van der Waals surface area contributed by atoms with Gasteiger partial charge in [-0.2, -0.15) is 5.10 Å². The lowest BCUT2D eigenvalue weighted by atomic mass is 10.3. The van der Waals surface area contributed by atoms with Crippen molar-refractivity contribution in [3.05, 3.63) is 21.6 Å². The second-order valence-electron chi connectivity index (χ2n) is 3.77. The van der Waals surface area contributed by atoms with Crippen molar-refractivity contribution in [2.45, 2.75) is 29.6 Å². The summed E-state index contributed by atoms with van der Waals surface area (Å²) in [5.41, 5.74) is -0.252. The van der Waals surface area contributed by atoms with Crippen molar-refractivity contribution < 1.29 is 4.74 Å². The highest BCUT2D eigenvalue weighted by Gasteiger charge is 2.26. The minimum absolute atomic E-state index is 0.199. The van der Waals surface area contributed by atoms with Gasteiger partial charge in [0.15, 0.2) is 0 Å². The number of thioether (sulfide) groups is 1. The second kappa shape index (κ2) is 4.77. The fraction of sp³-hybridized carbons (Fsp3) is 0.600. The van der Waals surface area contributed by atoms with Crippen molar-refractivity contribution in [2.75, 3.05) is 6.61 Å². The molecule has 1 aliphatic heterocycles. The summed E-state index contributed by atoms with van der Waals surface area (Å²) < 4.78 is 6.70. The summed E-state index contributed by atoms with van der Waals surface area (Å²) in [7, 11) is 1.59. The Hall–Kier alpha value is -0.520. The van der Waals surface area contributed by atoms with E-state index in [-0.39, 0.29) is 16.7 Å². The summed E-state index contributed by atoms with van der Waals surface area (Å²) in [6, 6.07) is 0. The average molecular weight is 261 g/mol. The van der Waals surface area contributed by atoms with Gasteiger partial charge in [0.05, 0.1) is 17.2 Å². The Morgan fingerprint density at radius 1 is 1.69 bits per heavy atom. The van der Waals surface area contributed by atoms with Crippen LogP contribution in [0.1, 0.15) is 13.3 Å². The highest BCUT2D eigenvalue weighted by atomic mass is 35.5. The highest BCUT2D eigenvalue weighted by molar-refractivity contribution is 8.00. The number of halogens is 1.